The lowest BCUT2D eigenvalue weighted by molar-refractivity contribution is -0.137. The van der Waals surface area contributed by atoms with Crippen molar-refractivity contribution in [1.29, 1.82) is 5.41 Å². The minimum Gasteiger partial charge on any atom is -0.384 e. The fourth-order valence-corrected chi connectivity index (χ4v) is 6.33. The maximum Gasteiger partial charge on any atom is 0.416 e. The number of rotatable bonds is 13. The van der Waals surface area contributed by atoms with Crippen LogP contribution < -0.4 is 11.5 Å². The Morgan fingerprint density at radius 3 is 2.04 bits per heavy atom. The third kappa shape index (κ3) is 8.88. The average Bonchev–Trinajstić information content (AvgIpc) is 3.49. The van der Waals surface area contributed by atoms with Gasteiger partial charge in [-0.2, -0.15) is 13.2 Å². The van der Waals surface area contributed by atoms with E-state index >= 15 is 0 Å². The first-order valence-corrected chi connectivity index (χ1v) is 17.2. The molecule has 1 heterocycles. The molecule has 1 aromatic heterocycles. The summed E-state index contributed by atoms with van der Waals surface area (Å²) in [5.41, 5.74) is 17.5. The third-order valence-electron chi connectivity index (χ3n) is 9.06. The van der Waals surface area contributed by atoms with Crippen molar-refractivity contribution in [2.75, 3.05) is 0 Å². The van der Waals surface area contributed by atoms with E-state index in [1.807, 2.05) is 78.9 Å². The lowest BCUT2D eigenvalue weighted by atomic mass is 10.1. The number of nitrogens with zero attached hydrogens (tertiary/aromatic N) is 3. The number of alkyl halides is 3. The highest BCUT2D eigenvalue weighted by Gasteiger charge is 2.30. The summed E-state index contributed by atoms with van der Waals surface area (Å²) in [6.45, 7) is 1.17. The molecule has 6 rings (SSSR count). The maximum atomic E-state index is 14.2. The van der Waals surface area contributed by atoms with Crippen LogP contribution in [0.4, 0.5) is 13.2 Å². The van der Waals surface area contributed by atoms with Gasteiger partial charge in [-0.1, -0.05) is 84.4 Å². The predicted molar refractivity (Wildman–Crippen MR) is 199 cm³/mol. The Labute approximate surface area is 305 Å². The van der Waals surface area contributed by atoms with Gasteiger partial charge in [0.2, 0.25) is 0 Å². The smallest absolute Gasteiger partial charge is 0.384 e. The van der Waals surface area contributed by atoms with Gasteiger partial charge in [0, 0.05) is 48.7 Å². The largest absolute Gasteiger partial charge is 0.416 e. The summed E-state index contributed by atoms with van der Waals surface area (Å²) in [5.74, 6) is 0.536. The molecule has 5 aromatic carbocycles. The highest BCUT2D eigenvalue weighted by Crippen LogP contribution is 2.30. The molecule has 0 aliphatic heterocycles. The van der Waals surface area contributed by atoms with E-state index < -0.39 is 11.7 Å². The quantitative estimate of drug-likeness (QED) is 0.0822. The maximum absolute atomic E-state index is 14.2. The predicted octanol–water partition coefficient (Wildman–Crippen LogP) is 8.32. The number of nitrogens with two attached hydrogens (primary N) is 2. The van der Waals surface area contributed by atoms with Crippen LogP contribution in [0.5, 0.6) is 0 Å². The van der Waals surface area contributed by atoms with Crippen molar-refractivity contribution in [2.24, 2.45) is 11.5 Å². The van der Waals surface area contributed by atoms with E-state index in [1.54, 1.807) is 23.1 Å². The van der Waals surface area contributed by atoms with E-state index in [9.17, 15) is 18.0 Å². The number of carbonyl (C=O) groups excluding carboxylic acids is 1. The first-order chi connectivity index (χ1) is 25.0. The van der Waals surface area contributed by atoms with Crippen molar-refractivity contribution in [2.45, 2.75) is 51.6 Å². The molecular formula is C41H38ClF3N6O. The zero-order valence-corrected chi connectivity index (χ0v) is 29.1. The average molecular weight is 723 g/mol. The molecule has 0 spiro atoms. The van der Waals surface area contributed by atoms with Crippen molar-refractivity contribution >= 4 is 34.4 Å². The fourth-order valence-electron chi connectivity index (χ4n) is 6.20. The molecule has 7 nitrogen and oxygen atoms in total. The Morgan fingerprint density at radius 2 is 1.37 bits per heavy atom. The molecule has 0 unspecified atom stereocenters. The molecule has 266 valence electrons. The Morgan fingerprint density at radius 1 is 0.750 bits per heavy atom. The van der Waals surface area contributed by atoms with Gasteiger partial charge in [-0.25, -0.2) is 4.98 Å². The Kier molecular flexibility index (Phi) is 11.1. The second kappa shape index (κ2) is 15.8. The molecule has 0 bridgehead atoms. The van der Waals surface area contributed by atoms with Crippen LogP contribution in [0.1, 0.15) is 55.1 Å². The van der Waals surface area contributed by atoms with E-state index in [0.29, 0.717) is 53.2 Å². The minimum absolute atomic E-state index is 0.0128. The minimum atomic E-state index is -4.50. The van der Waals surface area contributed by atoms with Gasteiger partial charge in [0.05, 0.1) is 16.6 Å². The van der Waals surface area contributed by atoms with Crippen LogP contribution in [0.2, 0.25) is 5.02 Å². The van der Waals surface area contributed by atoms with Crippen molar-refractivity contribution < 1.29 is 18.0 Å². The number of amidine groups is 1. The van der Waals surface area contributed by atoms with Gasteiger partial charge in [-0.15, -0.1) is 0 Å². The molecule has 11 heteroatoms. The molecule has 0 saturated carbocycles. The lowest BCUT2D eigenvalue weighted by Gasteiger charge is -2.24. The molecule has 0 saturated heterocycles. The first kappa shape index (κ1) is 36.3. The summed E-state index contributed by atoms with van der Waals surface area (Å²) < 4.78 is 42.9. The van der Waals surface area contributed by atoms with Crippen molar-refractivity contribution in [1.82, 2.24) is 14.5 Å². The van der Waals surface area contributed by atoms with Gasteiger partial charge in [-0.05, 0) is 83.1 Å². The van der Waals surface area contributed by atoms with E-state index in [1.165, 1.54) is 6.07 Å². The number of aryl methyl sites for hydroxylation is 4. The summed E-state index contributed by atoms with van der Waals surface area (Å²) in [6, 6.07) is 33.3. The standard InChI is InChI=1S/C41H38ClF3N6O/c42-35-16-10-28(11-17-35)20-21-51-37-18-15-33(23-36(37)49-38(51)19-12-27-8-13-32(14-9-27)39(47)48)40(52)50(25-30-6-4-29(24-46)5-7-30)26-31-2-1-3-34(22-31)41(43,44)45/h1-11,13-18,22-23H,12,19-21,24-26,46H2,(H3,47,48). The summed E-state index contributed by atoms with van der Waals surface area (Å²) in [7, 11) is 0. The van der Waals surface area contributed by atoms with Crippen LogP contribution in [-0.2, 0) is 51.6 Å². The summed E-state index contributed by atoms with van der Waals surface area (Å²) in [6.07, 6.45) is -2.45. The SMILES string of the molecule is N=C(N)c1ccc(CCc2nc3cc(C(=O)N(Cc4ccc(CN)cc4)Cc4cccc(C(F)(F)F)c4)ccc3n2CCc2ccc(Cl)cc2)cc1. The monoisotopic (exact) mass is 722 g/mol. The van der Waals surface area contributed by atoms with Crippen LogP contribution in [0.15, 0.2) is 115 Å². The molecule has 52 heavy (non-hydrogen) atoms. The van der Waals surface area contributed by atoms with Crippen LogP contribution in [0.25, 0.3) is 11.0 Å². The lowest BCUT2D eigenvalue weighted by Crippen LogP contribution is -2.30. The van der Waals surface area contributed by atoms with Crippen LogP contribution in [0, 0.1) is 5.41 Å². The number of halogens is 4. The van der Waals surface area contributed by atoms with E-state index in [-0.39, 0.29) is 24.8 Å². The molecule has 0 fully saturated rings. The van der Waals surface area contributed by atoms with Gasteiger partial charge in [0.15, 0.2) is 0 Å². The number of nitrogens with one attached hydrogen (secondary N) is 1. The zero-order valence-electron chi connectivity index (χ0n) is 28.3. The summed E-state index contributed by atoms with van der Waals surface area (Å²) >= 11 is 6.12. The van der Waals surface area contributed by atoms with Crippen LogP contribution in [0.3, 0.4) is 0 Å². The molecule has 0 atom stereocenters. The number of nitrogen functional groups attached to an aromatic ring is 1. The van der Waals surface area contributed by atoms with Gasteiger partial charge in [-0.3, -0.25) is 10.2 Å². The normalized spacial score (nSPS) is 11.6. The number of carbonyl (C=O) groups is 1. The number of aromatic nitrogens is 2. The topological polar surface area (TPSA) is 114 Å². The number of fused-ring (bicyclic) bond motifs is 1. The van der Waals surface area contributed by atoms with E-state index in [0.717, 1.165) is 52.1 Å². The number of imidazole rings is 1. The van der Waals surface area contributed by atoms with Crippen LogP contribution in [-0.4, -0.2) is 26.2 Å². The van der Waals surface area contributed by atoms with Crippen molar-refractivity contribution in [3.8, 4) is 0 Å². The van der Waals surface area contributed by atoms with Crippen molar-refractivity contribution in [3.63, 3.8) is 0 Å². The fraction of sp³-hybridized carbons (Fsp3) is 0.195. The summed E-state index contributed by atoms with van der Waals surface area (Å²) in [5, 5.41) is 8.34. The summed E-state index contributed by atoms with van der Waals surface area (Å²) in [4.78, 5) is 20.8. The number of hydrogen-bond acceptors (Lipinski definition) is 4. The number of amides is 1. The molecule has 0 radical (unpaired) electrons. The Balaban J connectivity index is 1.32. The highest BCUT2D eigenvalue weighted by molar-refractivity contribution is 6.30. The first-order valence-electron chi connectivity index (χ1n) is 16.9. The van der Waals surface area contributed by atoms with Gasteiger partial charge in [0.1, 0.15) is 11.7 Å². The molecule has 0 aliphatic rings. The van der Waals surface area contributed by atoms with E-state index in [4.69, 9.17) is 33.5 Å². The molecule has 5 N–H and O–H groups in total. The van der Waals surface area contributed by atoms with Crippen LogP contribution >= 0.6 is 11.6 Å². The second-order valence-corrected chi connectivity index (χ2v) is 13.2. The zero-order chi connectivity index (χ0) is 36.8. The highest BCUT2D eigenvalue weighted by atomic mass is 35.5. The molecule has 6 aromatic rings. The van der Waals surface area contributed by atoms with E-state index in [2.05, 4.69) is 4.57 Å². The number of benzene rings is 5. The third-order valence-corrected chi connectivity index (χ3v) is 9.31. The molecule has 1 amide bonds. The van der Waals surface area contributed by atoms with Gasteiger partial charge >= 0.3 is 6.18 Å². The van der Waals surface area contributed by atoms with Crippen molar-refractivity contribution in [3.05, 3.63) is 171 Å². The Hall–Kier alpha value is -5.45. The van der Waals surface area contributed by atoms with Gasteiger partial charge in [0.25, 0.3) is 5.91 Å². The molecular weight excluding hydrogens is 685 g/mol. The number of hydrogen-bond donors (Lipinski definition) is 3. The second-order valence-electron chi connectivity index (χ2n) is 12.8. The van der Waals surface area contributed by atoms with Gasteiger partial charge < -0.3 is 20.9 Å². The molecule has 0 aliphatic carbocycles. The Bertz CT molecular complexity index is 2180.